The maximum Gasteiger partial charge on any atom is 0.417 e. The second-order valence-corrected chi connectivity index (χ2v) is 10.5. The van der Waals surface area contributed by atoms with E-state index in [2.05, 4.69) is 21.5 Å². The van der Waals surface area contributed by atoms with E-state index in [1.54, 1.807) is 16.8 Å². The van der Waals surface area contributed by atoms with Gasteiger partial charge in [-0.05, 0) is 30.2 Å². The third-order valence-electron chi connectivity index (χ3n) is 7.05. The fourth-order valence-corrected chi connectivity index (χ4v) is 5.92. The van der Waals surface area contributed by atoms with Gasteiger partial charge in [-0.1, -0.05) is 24.8 Å². The Hall–Kier alpha value is -4.07. The first-order valence-corrected chi connectivity index (χ1v) is 12.8. The summed E-state index contributed by atoms with van der Waals surface area (Å²) in [5.41, 5.74) is 2.64. The van der Waals surface area contributed by atoms with Crippen LogP contribution in [0.5, 0.6) is 6.01 Å². The average Bonchev–Trinajstić information content (AvgIpc) is 3.50. The van der Waals surface area contributed by atoms with E-state index >= 15 is 4.39 Å². The molecule has 2 aromatic carbocycles. The van der Waals surface area contributed by atoms with Crippen LogP contribution in [0.25, 0.3) is 32.2 Å². The predicted octanol–water partition coefficient (Wildman–Crippen LogP) is 5.26. The maximum atomic E-state index is 16.3. The number of anilines is 2. The number of fused-ring (bicyclic) bond motifs is 2. The topological polar surface area (TPSA) is 97.5 Å². The zero-order chi connectivity index (χ0) is 29.1. The van der Waals surface area contributed by atoms with Gasteiger partial charge in [0.15, 0.2) is 10.9 Å². The van der Waals surface area contributed by atoms with Crippen molar-refractivity contribution in [1.29, 1.82) is 0 Å². The summed E-state index contributed by atoms with van der Waals surface area (Å²) in [6.45, 7) is 6.03. The number of hydrogen-bond donors (Lipinski definition) is 1. The number of carbonyl (C=O) groups excluding carboxylic acids is 1. The van der Waals surface area contributed by atoms with Crippen molar-refractivity contribution < 1.29 is 31.5 Å². The van der Waals surface area contributed by atoms with Gasteiger partial charge in [-0.15, -0.1) is 0 Å². The molecule has 2 N–H and O–H groups in total. The Morgan fingerprint density at radius 3 is 2.60 bits per heavy atom. The molecule has 0 saturated carbocycles. The van der Waals surface area contributed by atoms with Gasteiger partial charge in [0.25, 0.3) is 0 Å². The third kappa shape index (κ3) is 4.45. The molecule has 8 nitrogen and oxygen atoms in total. The molecule has 1 amide bonds. The lowest BCUT2D eigenvalue weighted by molar-refractivity contribution is -0.137. The molecular formula is C26H23F5N6O2S. The molecule has 0 aliphatic carbocycles. The molecule has 40 heavy (non-hydrogen) atoms. The highest BCUT2D eigenvalue weighted by atomic mass is 32.1. The number of carbonyl (C=O) groups is 1. The number of thiazole rings is 1. The number of methoxy groups -OCH3 is 1. The van der Waals surface area contributed by atoms with Gasteiger partial charge in [-0.3, -0.25) is 4.79 Å². The van der Waals surface area contributed by atoms with E-state index in [4.69, 9.17) is 10.5 Å². The number of benzene rings is 2. The van der Waals surface area contributed by atoms with Crippen LogP contribution >= 0.6 is 11.3 Å². The quantitative estimate of drug-likeness (QED) is 0.255. The molecular weight excluding hydrogens is 555 g/mol. The van der Waals surface area contributed by atoms with Gasteiger partial charge in [0.1, 0.15) is 17.2 Å². The summed E-state index contributed by atoms with van der Waals surface area (Å²) in [6, 6.07) is 2.12. The van der Waals surface area contributed by atoms with Crippen molar-refractivity contribution in [2.24, 2.45) is 5.92 Å². The minimum Gasteiger partial charge on any atom is -0.467 e. The number of rotatable bonds is 5. The molecule has 5 rings (SSSR count). The highest BCUT2D eigenvalue weighted by molar-refractivity contribution is 7.22. The zero-order valence-corrected chi connectivity index (χ0v) is 22.3. The standard InChI is InChI=1S/C26H23F5N6O2S/c1-5-17(38)37-9-11(2)16(10-37)36(3)23-13-8-14(26(29,30)31)18(19(28)20(13)34-25(35-23)39-4)12-6-7-15(27)22-21(12)33-24(32)40-22/h5-8,11,16H,1,9-10H2,2-4H3,(H2,32,33)/t11-,16?/m0/s1. The van der Waals surface area contributed by atoms with Crippen LogP contribution in [0.15, 0.2) is 30.9 Å². The molecule has 1 aliphatic heterocycles. The van der Waals surface area contributed by atoms with Gasteiger partial charge in [-0.25, -0.2) is 13.8 Å². The number of nitrogens with two attached hydrogens (primary N) is 1. The van der Waals surface area contributed by atoms with Crippen LogP contribution in [0.1, 0.15) is 12.5 Å². The van der Waals surface area contributed by atoms with Crippen molar-refractivity contribution in [2.75, 3.05) is 37.9 Å². The van der Waals surface area contributed by atoms with Crippen LogP contribution < -0.4 is 15.4 Å². The largest absolute Gasteiger partial charge is 0.467 e. The highest BCUT2D eigenvalue weighted by Gasteiger charge is 2.40. The summed E-state index contributed by atoms with van der Waals surface area (Å²) in [5.74, 6) is -2.44. The van der Waals surface area contributed by atoms with Crippen molar-refractivity contribution in [1.82, 2.24) is 19.9 Å². The number of ether oxygens (including phenoxy) is 1. The van der Waals surface area contributed by atoms with Crippen molar-refractivity contribution in [2.45, 2.75) is 19.1 Å². The number of aromatic nitrogens is 3. The SMILES string of the molecule is C=CC(=O)N1CC(N(C)c2nc(OC)nc3c(F)c(-c4ccc(F)c5sc(N)nc45)c(C(F)(F)F)cc23)[C@@H](C)C1. The maximum absolute atomic E-state index is 16.3. The van der Waals surface area contributed by atoms with Gasteiger partial charge in [0.2, 0.25) is 5.91 Å². The number of nitrogens with zero attached hydrogens (tertiary/aromatic N) is 5. The van der Waals surface area contributed by atoms with Crippen molar-refractivity contribution in [3.05, 3.63) is 48.1 Å². The molecule has 2 aromatic heterocycles. The second kappa shape index (κ2) is 9.84. The Morgan fingerprint density at radius 2 is 1.95 bits per heavy atom. The van der Waals surface area contributed by atoms with Crippen LogP contribution in [0.3, 0.4) is 0 Å². The van der Waals surface area contributed by atoms with Gasteiger partial charge in [0.05, 0.1) is 28.9 Å². The first-order chi connectivity index (χ1) is 18.8. The first-order valence-electron chi connectivity index (χ1n) is 12.0. The van der Waals surface area contributed by atoms with Crippen LogP contribution in [0.4, 0.5) is 32.9 Å². The molecule has 1 fully saturated rings. The van der Waals surface area contributed by atoms with Crippen molar-refractivity contribution in [3.63, 3.8) is 0 Å². The summed E-state index contributed by atoms with van der Waals surface area (Å²) in [6.07, 6.45) is -3.83. The number of nitrogen functional groups attached to an aromatic ring is 1. The highest BCUT2D eigenvalue weighted by Crippen LogP contribution is 2.46. The van der Waals surface area contributed by atoms with Crippen LogP contribution in [-0.4, -0.2) is 59.0 Å². The normalized spacial score (nSPS) is 17.6. The fraction of sp³-hybridized carbons (Fsp3) is 0.308. The van der Waals surface area contributed by atoms with E-state index in [0.29, 0.717) is 6.54 Å². The summed E-state index contributed by atoms with van der Waals surface area (Å²) in [4.78, 5) is 27.7. The number of hydrogen-bond acceptors (Lipinski definition) is 8. The van der Waals surface area contributed by atoms with Gasteiger partial charge in [0, 0.05) is 36.7 Å². The van der Waals surface area contributed by atoms with E-state index in [-0.39, 0.29) is 62.5 Å². The van der Waals surface area contributed by atoms with E-state index in [0.717, 1.165) is 29.5 Å². The third-order valence-corrected chi connectivity index (χ3v) is 7.94. The van der Waals surface area contributed by atoms with Gasteiger partial charge >= 0.3 is 12.2 Å². The van der Waals surface area contributed by atoms with Crippen LogP contribution in [0, 0.1) is 17.6 Å². The van der Waals surface area contributed by atoms with E-state index < -0.39 is 34.5 Å². The monoisotopic (exact) mass is 578 g/mol. The van der Waals surface area contributed by atoms with Gasteiger partial charge in [-0.2, -0.15) is 23.1 Å². The lowest BCUT2D eigenvalue weighted by Gasteiger charge is -2.29. The first kappa shape index (κ1) is 27.5. The number of halogens is 5. The van der Waals surface area contributed by atoms with E-state index in [9.17, 15) is 22.4 Å². The molecule has 1 aliphatic rings. The van der Waals surface area contributed by atoms with Gasteiger partial charge < -0.3 is 20.3 Å². The number of amides is 1. The van der Waals surface area contributed by atoms with Crippen LogP contribution in [-0.2, 0) is 11.0 Å². The Kier molecular flexibility index (Phi) is 6.76. The fourth-order valence-electron chi connectivity index (χ4n) is 5.15. The predicted molar refractivity (Wildman–Crippen MR) is 142 cm³/mol. The molecule has 2 atom stereocenters. The van der Waals surface area contributed by atoms with Crippen LogP contribution in [0.2, 0.25) is 0 Å². The summed E-state index contributed by atoms with van der Waals surface area (Å²) < 4.78 is 79.4. The lowest BCUT2D eigenvalue weighted by Crippen LogP contribution is -2.39. The number of likely N-dealkylation sites (N-methyl/N-ethyl adjacent to an activating group) is 1. The van der Waals surface area contributed by atoms with E-state index in [1.807, 2.05) is 6.92 Å². The average molecular weight is 579 g/mol. The lowest BCUT2D eigenvalue weighted by atomic mass is 9.95. The molecule has 0 bridgehead atoms. The number of likely N-dealkylation sites (tertiary alicyclic amines) is 1. The van der Waals surface area contributed by atoms with Crippen molar-refractivity contribution >= 4 is 49.3 Å². The zero-order valence-electron chi connectivity index (χ0n) is 21.5. The molecule has 1 unspecified atom stereocenters. The molecule has 14 heteroatoms. The summed E-state index contributed by atoms with van der Waals surface area (Å²) >= 11 is 0.742. The summed E-state index contributed by atoms with van der Waals surface area (Å²) in [7, 11) is 2.85. The molecule has 4 aromatic rings. The van der Waals surface area contributed by atoms with Crippen molar-refractivity contribution in [3.8, 4) is 17.1 Å². The molecule has 3 heterocycles. The molecule has 1 saturated heterocycles. The minimum absolute atomic E-state index is 0.00953. The minimum atomic E-state index is -5.02. The summed E-state index contributed by atoms with van der Waals surface area (Å²) in [5, 5.41) is -0.299. The second-order valence-electron chi connectivity index (χ2n) is 9.47. The molecule has 0 radical (unpaired) electrons. The Balaban J connectivity index is 1.78. The Labute approximate surface area is 228 Å². The Morgan fingerprint density at radius 1 is 1.23 bits per heavy atom. The molecule has 0 spiro atoms. The van der Waals surface area contributed by atoms with E-state index in [1.165, 1.54) is 13.2 Å². The molecule has 210 valence electrons. The number of alkyl halides is 3. The Bertz CT molecular complexity index is 1670. The smallest absolute Gasteiger partial charge is 0.417 e.